The van der Waals surface area contributed by atoms with Crippen molar-refractivity contribution in [2.45, 2.75) is 6.92 Å². The van der Waals surface area contributed by atoms with Crippen LogP contribution < -0.4 is 4.74 Å². The second-order valence-electron chi connectivity index (χ2n) is 4.75. The molecule has 2 aromatic carbocycles. The van der Waals surface area contributed by atoms with Crippen LogP contribution in [-0.4, -0.2) is 18.3 Å². The number of esters is 1. The molecular formula is C19H17NO3S. The van der Waals surface area contributed by atoms with Crippen molar-refractivity contribution in [2.75, 3.05) is 12.4 Å². The van der Waals surface area contributed by atoms with Gasteiger partial charge >= 0.3 is 5.97 Å². The molecule has 5 heteroatoms. The van der Waals surface area contributed by atoms with Crippen LogP contribution in [0.5, 0.6) is 11.5 Å². The van der Waals surface area contributed by atoms with Gasteiger partial charge in [-0.2, -0.15) is 5.26 Å². The number of carbonyl (C=O) groups excluding carboxylic acids is 1. The number of thiocyanates is 1. The van der Waals surface area contributed by atoms with E-state index in [0.717, 1.165) is 23.1 Å². The lowest BCUT2D eigenvalue weighted by molar-refractivity contribution is -0.138. The summed E-state index contributed by atoms with van der Waals surface area (Å²) in [5.41, 5.74) is 1.30. The van der Waals surface area contributed by atoms with Crippen molar-refractivity contribution >= 4 is 23.8 Å². The SMILES string of the molecule is CCOC(=O)/C(=C/c1ccc(Oc2ccccc2)cc1)CSC#N. The normalized spacial score (nSPS) is 10.8. The molecule has 0 radical (unpaired) electrons. The topological polar surface area (TPSA) is 59.3 Å². The lowest BCUT2D eigenvalue weighted by atomic mass is 10.1. The van der Waals surface area contributed by atoms with Crippen LogP contribution in [0.4, 0.5) is 0 Å². The first kappa shape index (κ1) is 17.6. The third-order valence-corrected chi connectivity index (χ3v) is 3.61. The Morgan fingerprint density at radius 2 is 1.79 bits per heavy atom. The van der Waals surface area contributed by atoms with Crippen LogP contribution in [0.3, 0.4) is 0 Å². The highest BCUT2D eigenvalue weighted by Gasteiger charge is 2.11. The molecule has 0 saturated heterocycles. The minimum Gasteiger partial charge on any atom is -0.463 e. The maximum Gasteiger partial charge on any atom is 0.334 e. The maximum absolute atomic E-state index is 11.9. The van der Waals surface area contributed by atoms with Gasteiger partial charge in [0.1, 0.15) is 16.9 Å². The van der Waals surface area contributed by atoms with Gasteiger partial charge in [0.05, 0.1) is 6.61 Å². The van der Waals surface area contributed by atoms with E-state index < -0.39 is 5.97 Å². The summed E-state index contributed by atoms with van der Waals surface area (Å²) >= 11 is 1.01. The Hall–Kier alpha value is -2.71. The number of nitrogens with zero attached hydrogens (tertiary/aromatic N) is 1. The van der Waals surface area contributed by atoms with Crippen molar-refractivity contribution in [3.63, 3.8) is 0 Å². The van der Waals surface area contributed by atoms with E-state index in [4.69, 9.17) is 14.7 Å². The minimum atomic E-state index is -0.398. The molecule has 0 aliphatic heterocycles. The molecule has 0 bridgehead atoms. The number of thioether (sulfide) groups is 1. The van der Waals surface area contributed by atoms with Crippen molar-refractivity contribution in [3.05, 3.63) is 65.7 Å². The Morgan fingerprint density at radius 1 is 1.12 bits per heavy atom. The highest BCUT2D eigenvalue weighted by atomic mass is 32.2. The number of rotatable bonds is 7. The first-order valence-corrected chi connectivity index (χ1v) is 8.43. The number of carbonyl (C=O) groups is 1. The van der Waals surface area contributed by atoms with Gasteiger partial charge in [0.25, 0.3) is 0 Å². The molecular weight excluding hydrogens is 322 g/mol. The van der Waals surface area contributed by atoms with E-state index in [1.165, 1.54) is 0 Å². The van der Waals surface area contributed by atoms with Crippen molar-refractivity contribution in [3.8, 4) is 16.9 Å². The Bertz CT molecular complexity index is 733. The molecule has 0 amide bonds. The van der Waals surface area contributed by atoms with Gasteiger partial charge < -0.3 is 9.47 Å². The van der Waals surface area contributed by atoms with E-state index in [1.54, 1.807) is 13.0 Å². The highest BCUT2D eigenvalue weighted by molar-refractivity contribution is 8.03. The van der Waals surface area contributed by atoms with E-state index in [1.807, 2.05) is 60.0 Å². The zero-order valence-electron chi connectivity index (χ0n) is 13.3. The molecule has 24 heavy (non-hydrogen) atoms. The fraction of sp³-hybridized carbons (Fsp3) is 0.158. The van der Waals surface area contributed by atoms with Gasteiger partial charge in [-0.05, 0) is 54.6 Å². The molecule has 2 aromatic rings. The quantitative estimate of drug-likeness (QED) is 0.418. The molecule has 0 aromatic heterocycles. The van der Waals surface area contributed by atoms with Crippen LogP contribution in [0.25, 0.3) is 6.08 Å². The first-order valence-electron chi connectivity index (χ1n) is 7.44. The van der Waals surface area contributed by atoms with Crippen molar-refractivity contribution in [2.24, 2.45) is 0 Å². The molecule has 0 aliphatic rings. The lowest BCUT2D eigenvalue weighted by Gasteiger charge is -2.07. The largest absolute Gasteiger partial charge is 0.463 e. The third-order valence-electron chi connectivity index (χ3n) is 3.03. The zero-order chi connectivity index (χ0) is 17.2. The number of para-hydroxylation sites is 1. The predicted octanol–water partition coefficient (Wildman–Crippen LogP) is 4.64. The molecule has 4 nitrogen and oxygen atoms in total. The van der Waals surface area contributed by atoms with E-state index in [0.29, 0.717) is 17.9 Å². The molecule has 0 aliphatic carbocycles. The predicted molar refractivity (Wildman–Crippen MR) is 95.6 cm³/mol. The van der Waals surface area contributed by atoms with E-state index >= 15 is 0 Å². The van der Waals surface area contributed by atoms with Gasteiger partial charge in [0.2, 0.25) is 0 Å². The van der Waals surface area contributed by atoms with Crippen molar-refractivity contribution in [1.29, 1.82) is 5.26 Å². The van der Waals surface area contributed by atoms with Crippen LogP contribution in [0.1, 0.15) is 12.5 Å². The smallest absolute Gasteiger partial charge is 0.334 e. The lowest BCUT2D eigenvalue weighted by Crippen LogP contribution is -2.09. The number of nitriles is 1. The molecule has 2 rings (SSSR count). The highest BCUT2D eigenvalue weighted by Crippen LogP contribution is 2.22. The maximum atomic E-state index is 11.9. The summed E-state index contributed by atoms with van der Waals surface area (Å²) in [6.07, 6.45) is 1.73. The van der Waals surface area contributed by atoms with Crippen LogP contribution in [-0.2, 0) is 9.53 Å². The van der Waals surface area contributed by atoms with Gasteiger partial charge in [-0.25, -0.2) is 4.79 Å². The van der Waals surface area contributed by atoms with Gasteiger partial charge in [0.15, 0.2) is 0 Å². The summed E-state index contributed by atoms with van der Waals surface area (Å²) in [5, 5.41) is 10.7. The Labute approximate surface area is 145 Å². The molecule has 0 unspecified atom stereocenters. The number of benzene rings is 2. The van der Waals surface area contributed by atoms with Gasteiger partial charge in [-0.15, -0.1) is 0 Å². The molecule has 0 N–H and O–H groups in total. The fourth-order valence-electron chi connectivity index (χ4n) is 1.95. The van der Waals surface area contributed by atoms with Gasteiger partial charge in [0, 0.05) is 11.3 Å². The summed E-state index contributed by atoms with van der Waals surface area (Å²) in [6, 6.07) is 16.9. The van der Waals surface area contributed by atoms with Crippen LogP contribution in [0, 0.1) is 10.7 Å². The Kier molecular flexibility index (Phi) is 6.93. The van der Waals surface area contributed by atoms with Crippen molar-refractivity contribution in [1.82, 2.24) is 0 Å². The molecule has 0 atom stereocenters. The van der Waals surface area contributed by atoms with E-state index in [2.05, 4.69) is 0 Å². The summed E-state index contributed by atoms with van der Waals surface area (Å²) in [6.45, 7) is 2.06. The number of hydrogen-bond donors (Lipinski definition) is 0. The average molecular weight is 339 g/mol. The second kappa shape index (κ2) is 9.43. The summed E-state index contributed by atoms with van der Waals surface area (Å²) in [4.78, 5) is 11.9. The summed E-state index contributed by atoms with van der Waals surface area (Å²) < 4.78 is 10.8. The minimum absolute atomic E-state index is 0.289. The Balaban J connectivity index is 2.12. The van der Waals surface area contributed by atoms with Gasteiger partial charge in [-0.1, -0.05) is 30.3 Å². The monoisotopic (exact) mass is 339 g/mol. The molecule has 0 heterocycles. The second-order valence-corrected chi connectivity index (χ2v) is 5.51. The fourth-order valence-corrected chi connectivity index (χ4v) is 2.37. The van der Waals surface area contributed by atoms with Crippen molar-refractivity contribution < 1.29 is 14.3 Å². The Morgan fingerprint density at radius 3 is 2.42 bits per heavy atom. The van der Waals surface area contributed by atoms with Gasteiger partial charge in [-0.3, -0.25) is 0 Å². The van der Waals surface area contributed by atoms with E-state index in [-0.39, 0.29) is 5.75 Å². The number of hydrogen-bond acceptors (Lipinski definition) is 5. The third kappa shape index (κ3) is 5.49. The molecule has 0 saturated carbocycles. The van der Waals surface area contributed by atoms with Crippen LogP contribution >= 0.6 is 11.8 Å². The summed E-state index contributed by atoms with van der Waals surface area (Å²) in [7, 11) is 0. The molecule has 122 valence electrons. The molecule has 0 fully saturated rings. The van der Waals surface area contributed by atoms with Crippen LogP contribution in [0.15, 0.2) is 60.2 Å². The molecule has 0 spiro atoms. The van der Waals surface area contributed by atoms with E-state index in [9.17, 15) is 4.79 Å². The van der Waals surface area contributed by atoms with Crippen LogP contribution in [0.2, 0.25) is 0 Å². The first-order chi connectivity index (χ1) is 11.7. The summed E-state index contributed by atoms with van der Waals surface area (Å²) in [5.74, 6) is 1.36. The zero-order valence-corrected chi connectivity index (χ0v) is 14.1. The number of ether oxygens (including phenoxy) is 2. The average Bonchev–Trinajstić information content (AvgIpc) is 2.61. The standard InChI is InChI=1S/C19H17NO3S/c1-2-22-19(21)16(13-24-14-20)12-15-8-10-18(11-9-15)23-17-6-4-3-5-7-17/h3-12H,2,13H2,1H3/b16-12+.